The van der Waals surface area contributed by atoms with Crippen LogP contribution in [0.2, 0.25) is 0 Å². The molecule has 2 rings (SSSR count). The number of aliphatic carboxylic acids is 1. The van der Waals surface area contributed by atoms with Crippen molar-refractivity contribution in [3.8, 4) is 0 Å². The zero-order valence-corrected chi connectivity index (χ0v) is 11.6. The molecule has 20 heavy (non-hydrogen) atoms. The van der Waals surface area contributed by atoms with E-state index in [1.165, 1.54) is 22.7 Å². The van der Waals surface area contributed by atoms with Crippen LogP contribution in [0.5, 0.6) is 0 Å². The lowest BCUT2D eigenvalue weighted by atomic mass is 10.2. The number of hydrogen-bond acceptors (Lipinski definition) is 4. The standard InChI is InChI=1S/C11H15N3O5S/c1-13-6-7(20(12,18)19)5-9(13)10(15)14-4-2-3-8(14)11(16)17/h5-6,8H,2-4H2,1H3,(H,16,17)(H2,12,18,19)/t8-/m1/s1. The third-order valence-electron chi connectivity index (χ3n) is 3.33. The Hall–Kier alpha value is -1.87. The van der Waals surface area contributed by atoms with Crippen molar-refractivity contribution < 1.29 is 23.1 Å². The highest BCUT2D eigenvalue weighted by molar-refractivity contribution is 7.89. The van der Waals surface area contributed by atoms with E-state index in [2.05, 4.69) is 0 Å². The van der Waals surface area contributed by atoms with Crippen LogP contribution in [-0.4, -0.2) is 47.5 Å². The monoisotopic (exact) mass is 301 g/mol. The van der Waals surface area contributed by atoms with Crippen LogP contribution in [0, 0.1) is 0 Å². The molecule has 1 aromatic rings. The van der Waals surface area contributed by atoms with Crippen molar-refractivity contribution in [1.29, 1.82) is 0 Å². The van der Waals surface area contributed by atoms with Crippen LogP contribution in [0.25, 0.3) is 0 Å². The number of carboxylic acids is 1. The lowest BCUT2D eigenvalue weighted by Crippen LogP contribution is -2.41. The van der Waals surface area contributed by atoms with E-state index in [9.17, 15) is 18.0 Å². The number of sulfonamides is 1. The molecule has 110 valence electrons. The van der Waals surface area contributed by atoms with Gasteiger partial charge in [0.15, 0.2) is 0 Å². The molecule has 9 heteroatoms. The molecular weight excluding hydrogens is 286 g/mol. The van der Waals surface area contributed by atoms with Gasteiger partial charge in [-0.15, -0.1) is 0 Å². The number of carboxylic acid groups (broad SMARTS) is 1. The summed E-state index contributed by atoms with van der Waals surface area (Å²) in [5.41, 5.74) is 0.0992. The Labute approximate surface area is 115 Å². The summed E-state index contributed by atoms with van der Waals surface area (Å²) in [4.78, 5) is 24.5. The molecule has 2 heterocycles. The van der Waals surface area contributed by atoms with Gasteiger partial charge in [-0.25, -0.2) is 18.4 Å². The van der Waals surface area contributed by atoms with E-state index < -0.39 is 27.9 Å². The minimum Gasteiger partial charge on any atom is -0.480 e. The van der Waals surface area contributed by atoms with Crippen LogP contribution in [0.3, 0.4) is 0 Å². The second kappa shape index (κ2) is 4.91. The molecule has 1 amide bonds. The minimum absolute atomic E-state index is 0.0992. The summed E-state index contributed by atoms with van der Waals surface area (Å²) in [5.74, 6) is -1.57. The fraction of sp³-hybridized carbons (Fsp3) is 0.455. The highest BCUT2D eigenvalue weighted by Crippen LogP contribution is 2.22. The lowest BCUT2D eigenvalue weighted by molar-refractivity contribution is -0.141. The molecule has 0 bridgehead atoms. The quantitative estimate of drug-likeness (QED) is 0.769. The van der Waals surface area contributed by atoms with E-state index in [0.29, 0.717) is 19.4 Å². The van der Waals surface area contributed by atoms with Crippen molar-refractivity contribution in [3.05, 3.63) is 18.0 Å². The molecule has 0 saturated carbocycles. The summed E-state index contributed by atoms with van der Waals surface area (Å²) in [6, 6.07) is 0.296. The zero-order valence-electron chi connectivity index (χ0n) is 10.8. The van der Waals surface area contributed by atoms with Crippen molar-refractivity contribution in [3.63, 3.8) is 0 Å². The van der Waals surface area contributed by atoms with Crippen LogP contribution in [0.4, 0.5) is 0 Å². The van der Waals surface area contributed by atoms with E-state index in [4.69, 9.17) is 10.2 Å². The molecule has 3 N–H and O–H groups in total. The fourth-order valence-electron chi connectivity index (χ4n) is 2.32. The van der Waals surface area contributed by atoms with Gasteiger partial charge < -0.3 is 14.6 Å². The number of hydrogen-bond donors (Lipinski definition) is 2. The van der Waals surface area contributed by atoms with Crippen LogP contribution in [0.15, 0.2) is 17.2 Å². The van der Waals surface area contributed by atoms with Crippen LogP contribution < -0.4 is 5.14 Å². The van der Waals surface area contributed by atoms with Crippen molar-refractivity contribution in [2.45, 2.75) is 23.8 Å². The number of nitrogens with zero attached hydrogens (tertiary/aromatic N) is 2. The number of carbonyl (C=O) groups excluding carboxylic acids is 1. The summed E-state index contributed by atoms with van der Waals surface area (Å²) in [5, 5.41) is 14.1. The predicted molar refractivity (Wildman–Crippen MR) is 68.5 cm³/mol. The Kier molecular flexibility index (Phi) is 3.57. The number of amides is 1. The van der Waals surface area contributed by atoms with Crippen molar-refractivity contribution in [1.82, 2.24) is 9.47 Å². The maximum Gasteiger partial charge on any atom is 0.326 e. The second-order valence-electron chi connectivity index (χ2n) is 4.71. The number of nitrogens with two attached hydrogens (primary N) is 1. The number of carbonyl (C=O) groups is 2. The third-order valence-corrected chi connectivity index (χ3v) is 4.21. The second-order valence-corrected chi connectivity index (χ2v) is 6.27. The Balaban J connectivity index is 2.35. The van der Waals surface area contributed by atoms with Gasteiger partial charge in [0.05, 0.1) is 0 Å². The molecule has 1 aromatic heterocycles. The molecule has 8 nitrogen and oxygen atoms in total. The molecular formula is C11H15N3O5S. The predicted octanol–water partition coefficient (Wildman–Crippen LogP) is -0.638. The molecule has 1 atom stereocenters. The average molecular weight is 301 g/mol. The van der Waals surface area contributed by atoms with Gasteiger partial charge in [0.1, 0.15) is 16.6 Å². The molecule has 0 radical (unpaired) electrons. The topological polar surface area (TPSA) is 123 Å². The Bertz CT molecular complexity index is 664. The minimum atomic E-state index is -3.90. The lowest BCUT2D eigenvalue weighted by Gasteiger charge is -2.21. The van der Waals surface area contributed by atoms with E-state index in [-0.39, 0.29) is 10.6 Å². The molecule has 0 aromatic carbocycles. The normalized spacial score (nSPS) is 19.3. The molecule has 1 saturated heterocycles. The number of rotatable bonds is 3. The van der Waals surface area contributed by atoms with E-state index in [0.717, 1.165) is 6.07 Å². The van der Waals surface area contributed by atoms with Gasteiger partial charge in [0.2, 0.25) is 10.0 Å². The SMILES string of the molecule is Cn1cc(S(N)(=O)=O)cc1C(=O)N1CCC[C@@H]1C(=O)O. The van der Waals surface area contributed by atoms with E-state index in [1.54, 1.807) is 0 Å². The van der Waals surface area contributed by atoms with Gasteiger partial charge in [-0.2, -0.15) is 0 Å². The maximum atomic E-state index is 12.3. The summed E-state index contributed by atoms with van der Waals surface area (Å²) in [7, 11) is -2.39. The van der Waals surface area contributed by atoms with Gasteiger partial charge in [-0.3, -0.25) is 4.79 Å². The zero-order chi connectivity index (χ0) is 15.1. The Morgan fingerprint density at radius 3 is 2.60 bits per heavy atom. The summed E-state index contributed by atoms with van der Waals surface area (Å²) in [6.07, 6.45) is 2.23. The smallest absolute Gasteiger partial charge is 0.326 e. The van der Waals surface area contributed by atoms with Crippen LogP contribution in [0.1, 0.15) is 23.3 Å². The van der Waals surface area contributed by atoms with Gasteiger partial charge in [0, 0.05) is 19.8 Å². The van der Waals surface area contributed by atoms with Gasteiger partial charge in [-0.05, 0) is 18.9 Å². The molecule has 1 aliphatic heterocycles. The number of aromatic nitrogens is 1. The number of likely N-dealkylation sites (tertiary alicyclic amines) is 1. The van der Waals surface area contributed by atoms with Gasteiger partial charge in [-0.1, -0.05) is 0 Å². The fourth-order valence-corrected chi connectivity index (χ4v) is 2.90. The first-order valence-electron chi connectivity index (χ1n) is 5.95. The Morgan fingerprint density at radius 2 is 2.10 bits per heavy atom. The van der Waals surface area contributed by atoms with E-state index in [1.807, 2.05) is 0 Å². The number of aryl methyl sites for hydroxylation is 1. The van der Waals surface area contributed by atoms with Crippen molar-refractivity contribution >= 4 is 21.9 Å². The van der Waals surface area contributed by atoms with Crippen molar-refractivity contribution in [2.75, 3.05) is 6.54 Å². The average Bonchev–Trinajstić information content (AvgIpc) is 2.92. The first kappa shape index (κ1) is 14.5. The maximum absolute atomic E-state index is 12.3. The summed E-state index contributed by atoms with van der Waals surface area (Å²) in [6.45, 7) is 0.339. The molecule has 0 unspecified atom stereocenters. The molecule has 1 fully saturated rings. The summed E-state index contributed by atoms with van der Waals surface area (Å²) >= 11 is 0. The van der Waals surface area contributed by atoms with Gasteiger partial charge in [0.25, 0.3) is 5.91 Å². The third kappa shape index (κ3) is 2.54. The van der Waals surface area contributed by atoms with Crippen LogP contribution in [-0.2, 0) is 21.9 Å². The largest absolute Gasteiger partial charge is 0.480 e. The first-order valence-corrected chi connectivity index (χ1v) is 7.49. The highest BCUT2D eigenvalue weighted by atomic mass is 32.2. The first-order chi connectivity index (χ1) is 9.21. The highest BCUT2D eigenvalue weighted by Gasteiger charge is 2.35. The summed E-state index contributed by atoms with van der Waals surface area (Å²) < 4.78 is 23.9. The molecule has 1 aliphatic rings. The molecule has 0 spiro atoms. The van der Waals surface area contributed by atoms with E-state index >= 15 is 0 Å². The van der Waals surface area contributed by atoms with Crippen LogP contribution >= 0.6 is 0 Å². The Morgan fingerprint density at radius 1 is 1.45 bits per heavy atom. The van der Waals surface area contributed by atoms with Gasteiger partial charge >= 0.3 is 5.97 Å². The number of primary sulfonamides is 1. The molecule has 0 aliphatic carbocycles. The van der Waals surface area contributed by atoms with Crippen molar-refractivity contribution in [2.24, 2.45) is 12.2 Å².